The molecular formula is C28H26BrN3O6. The van der Waals surface area contributed by atoms with Gasteiger partial charge in [0, 0.05) is 43.1 Å². The lowest BCUT2D eigenvalue weighted by Gasteiger charge is -2.20. The van der Waals surface area contributed by atoms with E-state index >= 15 is 0 Å². The number of amides is 1. The number of Topliss-reactive ketones (excluding diaryl/α,β-unsaturated/α-hetero) is 1. The zero-order chi connectivity index (χ0) is 27.1. The smallest absolute Gasteiger partial charge is 0.263 e. The molecule has 0 fully saturated rings. The van der Waals surface area contributed by atoms with Crippen LogP contribution in [-0.4, -0.2) is 48.7 Å². The summed E-state index contributed by atoms with van der Waals surface area (Å²) in [7, 11) is 5.05. The van der Waals surface area contributed by atoms with Gasteiger partial charge in [0.05, 0.1) is 17.3 Å². The molecule has 0 saturated carbocycles. The molecule has 0 saturated heterocycles. The molecule has 196 valence electrons. The predicted molar refractivity (Wildman–Crippen MR) is 146 cm³/mol. The first-order valence-corrected chi connectivity index (χ1v) is 12.7. The van der Waals surface area contributed by atoms with Crippen LogP contribution in [0.5, 0.6) is 17.2 Å². The average molecular weight is 580 g/mol. The van der Waals surface area contributed by atoms with Crippen molar-refractivity contribution in [2.75, 3.05) is 32.8 Å². The number of methoxy groups -OCH3 is 1. The molecule has 2 aromatic carbocycles. The van der Waals surface area contributed by atoms with Gasteiger partial charge in [0.15, 0.2) is 11.5 Å². The minimum atomic E-state index is -0.510. The molecule has 0 spiro atoms. The second-order valence-corrected chi connectivity index (χ2v) is 9.91. The van der Waals surface area contributed by atoms with E-state index < -0.39 is 5.91 Å². The number of carbonyl (C=O) groups is 2. The van der Waals surface area contributed by atoms with Crippen molar-refractivity contribution in [2.45, 2.75) is 13.3 Å². The van der Waals surface area contributed by atoms with Crippen molar-refractivity contribution in [3.05, 3.63) is 84.9 Å². The molecule has 1 amide bonds. The van der Waals surface area contributed by atoms with Gasteiger partial charge >= 0.3 is 0 Å². The molecule has 2 aliphatic heterocycles. The number of hydrogen-bond donors (Lipinski definition) is 1. The standard InChI is InChI=1S/C28H26BrN3O6/c1-15-5-10-19(28(35)32(15)3)27(34)30-17-8-6-16(7-9-17)23(33)21-13-20-18(11-12-31(21)2)22(29)25-26(24(20)36-4)38-14-37-25/h5-10,13H,11-12,14H2,1-4H3,(H,30,34). The molecule has 0 atom stereocenters. The third-order valence-electron chi connectivity index (χ3n) is 6.88. The lowest BCUT2D eigenvalue weighted by molar-refractivity contribution is 0.0998. The van der Waals surface area contributed by atoms with Crippen molar-refractivity contribution in [2.24, 2.45) is 7.05 Å². The number of ketones is 1. The van der Waals surface area contributed by atoms with Crippen LogP contribution >= 0.6 is 15.9 Å². The molecule has 5 rings (SSSR count). The fourth-order valence-corrected chi connectivity index (χ4v) is 5.27. The van der Waals surface area contributed by atoms with Crippen molar-refractivity contribution in [3.8, 4) is 17.2 Å². The Hall–Kier alpha value is -4.05. The van der Waals surface area contributed by atoms with Crippen molar-refractivity contribution in [1.82, 2.24) is 9.47 Å². The number of allylic oxidation sites excluding steroid dienone is 1. The van der Waals surface area contributed by atoms with Gasteiger partial charge in [0.1, 0.15) is 5.56 Å². The molecule has 3 aromatic rings. The number of rotatable bonds is 5. The summed E-state index contributed by atoms with van der Waals surface area (Å²) in [6.07, 6.45) is 2.48. The number of aromatic nitrogens is 1. The van der Waals surface area contributed by atoms with Crippen LogP contribution in [-0.2, 0) is 13.5 Å². The average Bonchev–Trinajstić information content (AvgIpc) is 3.33. The maximum absolute atomic E-state index is 13.6. The van der Waals surface area contributed by atoms with E-state index in [-0.39, 0.29) is 23.7 Å². The van der Waals surface area contributed by atoms with Crippen LogP contribution in [0.1, 0.15) is 37.5 Å². The van der Waals surface area contributed by atoms with Crippen LogP contribution in [0.15, 0.2) is 51.4 Å². The highest BCUT2D eigenvalue weighted by Crippen LogP contribution is 2.51. The van der Waals surface area contributed by atoms with E-state index in [0.29, 0.717) is 47.2 Å². The number of hydrogen-bond acceptors (Lipinski definition) is 7. The molecule has 3 heterocycles. The fourth-order valence-electron chi connectivity index (χ4n) is 4.56. The van der Waals surface area contributed by atoms with Gasteiger partial charge in [-0.15, -0.1) is 0 Å². The number of ether oxygens (including phenoxy) is 3. The number of nitrogens with one attached hydrogen (secondary N) is 1. The Labute approximate surface area is 227 Å². The van der Waals surface area contributed by atoms with Crippen molar-refractivity contribution >= 4 is 39.4 Å². The Morgan fingerprint density at radius 1 is 1.05 bits per heavy atom. The molecule has 1 aromatic heterocycles. The topological polar surface area (TPSA) is 99.1 Å². The lowest BCUT2D eigenvalue weighted by Crippen LogP contribution is -2.28. The number of halogens is 1. The summed E-state index contributed by atoms with van der Waals surface area (Å²) in [6.45, 7) is 2.50. The van der Waals surface area contributed by atoms with Crippen LogP contribution in [0.3, 0.4) is 0 Å². The third-order valence-corrected chi connectivity index (χ3v) is 7.72. The Balaban J connectivity index is 1.43. The van der Waals surface area contributed by atoms with Gasteiger partial charge < -0.3 is 29.0 Å². The second kappa shape index (κ2) is 10.0. The second-order valence-electron chi connectivity index (χ2n) is 9.12. The Morgan fingerprint density at radius 2 is 1.76 bits per heavy atom. The Morgan fingerprint density at radius 3 is 2.47 bits per heavy atom. The number of benzene rings is 2. The van der Waals surface area contributed by atoms with Gasteiger partial charge in [-0.1, -0.05) is 0 Å². The van der Waals surface area contributed by atoms with Crippen LogP contribution in [0, 0.1) is 6.92 Å². The highest BCUT2D eigenvalue weighted by molar-refractivity contribution is 9.10. The minimum Gasteiger partial charge on any atom is -0.492 e. The first-order chi connectivity index (χ1) is 18.2. The first kappa shape index (κ1) is 25.6. The zero-order valence-electron chi connectivity index (χ0n) is 21.4. The van der Waals surface area contributed by atoms with E-state index in [2.05, 4.69) is 21.2 Å². The summed E-state index contributed by atoms with van der Waals surface area (Å²) < 4.78 is 19.2. The summed E-state index contributed by atoms with van der Waals surface area (Å²) in [5.74, 6) is 0.948. The van der Waals surface area contributed by atoms with Gasteiger partial charge in [-0.3, -0.25) is 14.4 Å². The number of nitrogens with zero attached hydrogens (tertiary/aromatic N) is 2. The zero-order valence-corrected chi connectivity index (χ0v) is 23.0. The fraction of sp³-hybridized carbons (Fsp3) is 0.250. The van der Waals surface area contributed by atoms with Crippen molar-refractivity contribution in [1.29, 1.82) is 0 Å². The molecule has 0 radical (unpaired) electrons. The monoisotopic (exact) mass is 579 g/mol. The highest BCUT2D eigenvalue weighted by atomic mass is 79.9. The third kappa shape index (κ3) is 4.34. The molecule has 38 heavy (non-hydrogen) atoms. The number of pyridine rings is 1. The first-order valence-electron chi connectivity index (χ1n) is 11.9. The predicted octanol–water partition coefficient (Wildman–Crippen LogP) is 4.16. The number of anilines is 1. The maximum Gasteiger partial charge on any atom is 0.263 e. The molecule has 9 nitrogen and oxygen atoms in total. The van der Waals surface area contributed by atoms with Gasteiger partial charge in [0.25, 0.3) is 11.5 Å². The summed E-state index contributed by atoms with van der Waals surface area (Å²) >= 11 is 3.65. The molecule has 0 bridgehead atoms. The van der Waals surface area contributed by atoms with Crippen LogP contribution in [0.2, 0.25) is 0 Å². The van der Waals surface area contributed by atoms with Gasteiger partial charge in [0.2, 0.25) is 18.3 Å². The molecule has 10 heteroatoms. The SMILES string of the molecule is COc1c2c(c(Br)c3c1OCO3)CCN(C)C(C(=O)c1ccc(NC(=O)c3ccc(C)n(C)c3=O)cc1)=C2. The molecule has 0 unspecified atom stereocenters. The summed E-state index contributed by atoms with van der Waals surface area (Å²) in [4.78, 5) is 40.6. The van der Waals surface area contributed by atoms with E-state index in [0.717, 1.165) is 21.3 Å². The largest absolute Gasteiger partial charge is 0.492 e. The van der Waals surface area contributed by atoms with E-state index in [1.54, 1.807) is 51.4 Å². The molecule has 2 aliphatic rings. The summed E-state index contributed by atoms with van der Waals surface area (Å²) in [5, 5.41) is 2.73. The minimum absolute atomic E-state index is 0.0446. The van der Waals surface area contributed by atoms with Crippen molar-refractivity contribution < 1.29 is 23.8 Å². The summed E-state index contributed by atoms with van der Waals surface area (Å²) in [6, 6.07) is 9.82. The molecular weight excluding hydrogens is 554 g/mol. The summed E-state index contributed by atoms with van der Waals surface area (Å²) in [5.41, 5.74) is 3.58. The maximum atomic E-state index is 13.6. The van der Waals surface area contributed by atoms with Gasteiger partial charge in [-0.05, 0) is 77.3 Å². The van der Waals surface area contributed by atoms with Gasteiger partial charge in [-0.25, -0.2) is 0 Å². The molecule has 0 aliphatic carbocycles. The lowest BCUT2D eigenvalue weighted by atomic mass is 10.0. The van der Waals surface area contributed by atoms with E-state index in [4.69, 9.17) is 14.2 Å². The molecule has 1 N–H and O–H groups in total. The van der Waals surface area contributed by atoms with Crippen LogP contribution in [0.4, 0.5) is 5.69 Å². The normalized spacial score (nSPS) is 13.9. The number of likely N-dealkylation sites (N-methyl/N-ethyl adjacent to an activating group) is 1. The quantitative estimate of drug-likeness (QED) is 0.453. The number of carbonyl (C=O) groups excluding carboxylic acids is 2. The van der Waals surface area contributed by atoms with Crippen LogP contribution < -0.4 is 25.1 Å². The van der Waals surface area contributed by atoms with E-state index in [1.807, 2.05) is 18.0 Å². The van der Waals surface area contributed by atoms with Crippen molar-refractivity contribution in [3.63, 3.8) is 0 Å². The van der Waals surface area contributed by atoms with Crippen LogP contribution in [0.25, 0.3) is 6.08 Å². The van der Waals surface area contributed by atoms with E-state index in [1.165, 1.54) is 10.6 Å². The Kier molecular flexibility index (Phi) is 6.75. The highest BCUT2D eigenvalue weighted by Gasteiger charge is 2.31. The Bertz CT molecular complexity index is 1560. The van der Waals surface area contributed by atoms with Gasteiger partial charge in [-0.2, -0.15) is 0 Å². The number of fused-ring (bicyclic) bond motifs is 2. The number of aryl methyl sites for hydroxylation is 1. The van der Waals surface area contributed by atoms with E-state index in [9.17, 15) is 14.4 Å².